The number of piperidine rings is 1. The number of nitrogens with zero attached hydrogens (tertiary/aromatic N) is 3. The van der Waals surface area contributed by atoms with E-state index in [1.54, 1.807) is 37.5 Å². The molecule has 0 spiro atoms. The predicted molar refractivity (Wildman–Crippen MR) is 128 cm³/mol. The molecule has 184 valence electrons. The number of hydrogen-bond donors (Lipinski definition) is 3. The lowest BCUT2D eigenvalue weighted by atomic mass is 9.91. The van der Waals surface area contributed by atoms with Crippen LogP contribution in [0.25, 0.3) is 0 Å². The van der Waals surface area contributed by atoms with Crippen molar-refractivity contribution in [3.63, 3.8) is 0 Å². The summed E-state index contributed by atoms with van der Waals surface area (Å²) in [5.41, 5.74) is -0.0368. The van der Waals surface area contributed by atoms with Gasteiger partial charge in [-0.1, -0.05) is 6.07 Å². The molecule has 1 atom stereocenters. The van der Waals surface area contributed by atoms with Crippen LogP contribution < -0.4 is 20.4 Å². The molecule has 1 aliphatic heterocycles. The third-order valence-electron chi connectivity index (χ3n) is 6.08. The molecule has 1 fully saturated rings. The highest BCUT2D eigenvalue weighted by molar-refractivity contribution is 5.78. The van der Waals surface area contributed by atoms with Crippen molar-refractivity contribution in [3.05, 3.63) is 70.0 Å². The van der Waals surface area contributed by atoms with E-state index in [9.17, 15) is 19.8 Å². The van der Waals surface area contributed by atoms with Crippen LogP contribution in [-0.4, -0.2) is 52.3 Å². The number of ether oxygens (including phenoxy) is 1. The number of benzene rings is 1. The van der Waals surface area contributed by atoms with Gasteiger partial charge in [-0.3, -0.25) is 9.59 Å². The molecule has 0 unspecified atom stereocenters. The Hall–Kier alpha value is -4.08. The first kappa shape index (κ1) is 24.1. The number of rotatable bonds is 7. The van der Waals surface area contributed by atoms with Crippen molar-refractivity contribution in [2.75, 3.05) is 25.1 Å². The van der Waals surface area contributed by atoms with Gasteiger partial charge in [-0.2, -0.15) is 0 Å². The van der Waals surface area contributed by atoms with Gasteiger partial charge in [-0.25, -0.2) is 9.97 Å². The van der Waals surface area contributed by atoms with Crippen molar-refractivity contribution in [1.29, 1.82) is 0 Å². The summed E-state index contributed by atoms with van der Waals surface area (Å²) in [6.45, 7) is 3.02. The van der Waals surface area contributed by atoms with E-state index in [1.807, 2.05) is 0 Å². The van der Waals surface area contributed by atoms with E-state index in [0.717, 1.165) is 12.8 Å². The van der Waals surface area contributed by atoms with Gasteiger partial charge in [0.2, 0.25) is 23.0 Å². The second-order valence-corrected chi connectivity index (χ2v) is 8.50. The van der Waals surface area contributed by atoms with Gasteiger partial charge in [-0.15, -0.1) is 0 Å². The van der Waals surface area contributed by atoms with E-state index in [1.165, 1.54) is 19.2 Å². The molecule has 0 aliphatic carbocycles. The van der Waals surface area contributed by atoms with E-state index in [-0.39, 0.29) is 35.6 Å². The Morgan fingerprint density at radius 3 is 2.63 bits per heavy atom. The Labute approximate surface area is 202 Å². The lowest BCUT2D eigenvalue weighted by molar-refractivity contribution is -0.122. The maximum Gasteiger partial charge on any atom is 0.227 e. The lowest BCUT2D eigenvalue weighted by Gasteiger charge is -2.32. The van der Waals surface area contributed by atoms with Gasteiger partial charge in [0.05, 0.1) is 13.0 Å². The molecular weight excluding hydrogens is 452 g/mol. The standard InChI is InChI=1S/C25H28N4O6/c1-15-12-20(31)23(33)24(35-15)18(16-4-5-19(30)21(13-16)34-2)14-22(32)28-17-6-10-29(11-7-17)25-26-8-3-9-27-25/h3-5,8-9,12-13,17-18,30,33H,6-7,10-11,14H2,1-2H3,(H,28,32)/t18-/m1/s1. The average Bonchev–Trinajstić information content (AvgIpc) is 2.86. The van der Waals surface area contributed by atoms with Crippen LogP contribution >= 0.6 is 0 Å². The van der Waals surface area contributed by atoms with E-state index >= 15 is 0 Å². The van der Waals surface area contributed by atoms with Crippen LogP contribution in [0.15, 0.2) is 51.9 Å². The fraction of sp³-hybridized carbons (Fsp3) is 0.360. The Bertz CT molecular complexity index is 1240. The van der Waals surface area contributed by atoms with Gasteiger partial charge in [0, 0.05) is 44.0 Å². The molecule has 10 nitrogen and oxygen atoms in total. The number of hydrogen-bond acceptors (Lipinski definition) is 9. The fourth-order valence-electron chi connectivity index (χ4n) is 4.29. The molecule has 2 aromatic heterocycles. The molecule has 1 aromatic carbocycles. The summed E-state index contributed by atoms with van der Waals surface area (Å²) < 4.78 is 10.9. The topological polar surface area (TPSA) is 138 Å². The van der Waals surface area contributed by atoms with Gasteiger partial charge in [0.1, 0.15) is 5.76 Å². The van der Waals surface area contributed by atoms with Crippen LogP contribution in [0.4, 0.5) is 5.95 Å². The number of carbonyl (C=O) groups is 1. The Balaban J connectivity index is 1.52. The quantitative estimate of drug-likeness (QED) is 0.465. The molecule has 1 aliphatic rings. The summed E-state index contributed by atoms with van der Waals surface area (Å²) in [6, 6.07) is 7.53. The molecule has 10 heteroatoms. The first-order valence-electron chi connectivity index (χ1n) is 11.4. The molecule has 0 saturated carbocycles. The van der Waals surface area contributed by atoms with E-state index in [4.69, 9.17) is 9.15 Å². The molecule has 0 radical (unpaired) electrons. The van der Waals surface area contributed by atoms with Crippen LogP contribution in [0.2, 0.25) is 0 Å². The Kier molecular flexibility index (Phi) is 7.19. The normalized spacial score (nSPS) is 15.0. The van der Waals surface area contributed by atoms with Gasteiger partial charge in [-0.05, 0) is 43.5 Å². The molecule has 0 bridgehead atoms. The average molecular weight is 481 g/mol. The molecule has 35 heavy (non-hydrogen) atoms. The van der Waals surface area contributed by atoms with E-state index < -0.39 is 17.1 Å². The molecule has 3 heterocycles. The lowest BCUT2D eigenvalue weighted by Crippen LogP contribution is -2.45. The third kappa shape index (κ3) is 5.53. The SMILES string of the molecule is COc1cc([C@@H](CC(=O)NC2CCN(c3ncccn3)CC2)c2oc(C)cc(=O)c2O)ccc1O. The predicted octanol–water partition coefficient (Wildman–Crippen LogP) is 2.47. The van der Waals surface area contributed by atoms with Gasteiger partial charge in [0.15, 0.2) is 17.3 Å². The van der Waals surface area contributed by atoms with Crippen LogP contribution in [0.3, 0.4) is 0 Å². The highest BCUT2D eigenvalue weighted by Crippen LogP contribution is 2.37. The largest absolute Gasteiger partial charge is 0.504 e. The van der Waals surface area contributed by atoms with Crippen molar-refractivity contribution in [3.8, 4) is 17.2 Å². The minimum absolute atomic E-state index is 0.00561. The van der Waals surface area contributed by atoms with Crippen LogP contribution in [0.5, 0.6) is 17.2 Å². The summed E-state index contributed by atoms with van der Waals surface area (Å²) in [4.78, 5) is 36.0. The number of nitrogens with one attached hydrogen (secondary N) is 1. The first-order chi connectivity index (χ1) is 16.9. The number of phenolic OH excluding ortho intramolecular Hbond substituents is 1. The summed E-state index contributed by atoms with van der Waals surface area (Å²) in [5, 5.41) is 23.5. The van der Waals surface area contributed by atoms with Crippen molar-refractivity contribution in [1.82, 2.24) is 15.3 Å². The highest BCUT2D eigenvalue weighted by atomic mass is 16.5. The van der Waals surface area contributed by atoms with Gasteiger partial charge < -0.3 is 29.6 Å². The van der Waals surface area contributed by atoms with Gasteiger partial charge >= 0.3 is 0 Å². The van der Waals surface area contributed by atoms with Crippen LogP contribution in [-0.2, 0) is 4.79 Å². The number of aromatic hydroxyl groups is 2. The second-order valence-electron chi connectivity index (χ2n) is 8.50. The zero-order chi connectivity index (χ0) is 24.9. The first-order valence-corrected chi connectivity index (χ1v) is 11.4. The zero-order valence-corrected chi connectivity index (χ0v) is 19.6. The van der Waals surface area contributed by atoms with Crippen molar-refractivity contribution < 1.29 is 24.2 Å². The zero-order valence-electron chi connectivity index (χ0n) is 19.6. The Morgan fingerprint density at radius 1 is 1.23 bits per heavy atom. The minimum Gasteiger partial charge on any atom is -0.504 e. The summed E-state index contributed by atoms with van der Waals surface area (Å²) in [6.07, 6.45) is 4.79. The molecule has 1 saturated heterocycles. The number of aryl methyl sites for hydroxylation is 1. The molecule has 1 amide bonds. The maximum atomic E-state index is 13.1. The third-order valence-corrected chi connectivity index (χ3v) is 6.08. The summed E-state index contributed by atoms with van der Waals surface area (Å²) in [7, 11) is 1.41. The molecule has 3 aromatic rings. The summed E-state index contributed by atoms with van der Waals surface area (Å²) >= 11 is 0. The smallest absolute Gasteiger partial charge is 0.227 e. The number of anilines is 1. The monoisotopic (exact) mass is 480 g/mol. The fourth-order valence-corrected chi connectivity index (χ4v) is 4.29. The summed E-state index contributed by atoms with van der Waals surface area (Å²) in [5.74, 6) is -0.445. The van der Waals surface area contributed by atoms with Crippen molar-refractivity contribution >= 4 is 11.9 Å². The minimum atomic E-state index is -0.769. The van der Waals surface area contributed by atoms with E-state index in [0.29, 0.717) is 30.4 Å². The number of aromatic nitrogens is 2. The highest BCUT2D eigenvalue weighted by Gasteiger charge is 2.28. The van der Waals surface area contributed by atoms with Crippen LogP contribution in [0.1, 0.15) is 42.3 Å². The van der Waals surface area contributed by atoms with Gasteiger partial charge in [0.25, 0.3) is 0 Å². The molecule has 3 N–H and O–H groups in total. The molecule has 4 rings (SSSR count). The van der Waals surface area contributed by atoms with E-state index in [2.05, 4.69) is 20.2 Å². The number of amides is 1. The van der Waals surface area contributed by atoms with Crippen LogP contribution in [0, 0.1) is 6.92 Å². The van der Waals surface area contributed by atoms with Crippen molar-refractivity contribution in [2.24, 2.45) is 0 Å². The number of methoxy groups -OCH3 is 1. The number of phenols is 1. The van der Waals surface area contributed by atoms with Crippen molar-refractivity contribution in [2.45, 2.75) is 38.1 Å². The Morgan fingerprint density at radius 2 is 1.94 bits per heavy atom. The number of carbonyl (C=O) groups excluding carboxylic acids is 1. The maximum absolute atomic E-state index is 13.1. The molecular formula is C25H28N4O6. The second kappa shape index (κ2) is 10.5.